The summed E-state index contributed by atoms with van der Waals surface area (Å²) in [6, 6.07) is 36.7. The van der Waals surface area contributed by atoms with Gasteiger partial charge in [0, 0.05) is 46.6 Å². The second kappa shape index (κ2) is 10.4. The van der Waals surface area contributed by atoms with Gasteiger partial charge in [0.05, 0.1) is 5.92 Å². The molecule has 5 aliphatic rings. The van der Waals surface area contributed by atoms with Gasteiger partial charge in [-0.05, 0) is 59.2 Å². The van der Waals surface area contributed by atoms with Crippen molar-refractivity contribution in [3.05, 3.63) is 174 Å². The Bertz CT molecular complexity index is 1940. The van der Waals surface area contributed by atoms with Crippen LogP contribution in [0.3, 0.4) is 0 Å². The van der Waals surface area contributed by atoms with Gasteiger partial charge in [-0.3, -0.25) is 0 Å². The molecule has 0 aromatic heterocycles. The Morgan fingerprint density at radius 3 is 2.31 bits per heavy atom. The number of hydrogen-bond donors (Lipinski definition) is 0. The van der Waals surface area contributed by atoms with E-state index >= 15 is 0 Å². The van der Waals surface area contributed by atoms with Gasteiger partial charge in [0.25, 0.3) is 0 Å². The minimum atomic E-state index is -0.108. The largest absolute Gasteiger partial charge is 0.470 e. The minimum absolute atomic E-state index is 0.0393. The maximum Gasteiger partial charge on any atom is 0.195 e. The third-order valence-electron chi connectivity index (χ3n) is 9.83. The molecule has 0 fully saturated rings. The number of nitrogens with zero attached hydrogens (tertiary/aromatic N) is 2. The van der Waals surface area contributed by atoms with Crippen LogP contribution in [0.15, 0.2) is 157 Å². The molecule has 0 saturated carbocycles. The summed E-state index contributed by atoms with van der Waals surface area (Å²) in [5.41, 5.74) is 9.78. The third-order valence-corrected chi connectivity index (χ3v) is 9.83. The average molecular weight is 587 g/mol. The first kappa shape index (κ1) is 26.2. The van der Waals surface area contributed by atoms with Gasteiger partial charge in [0.15, 0.2) is 12.1 Å². The molecule has 0 radical (unpaired) electrons. The van der Waals surface area contributed by atoms with E-state index in [2.05, 4.69) is 162 Å². The summed E-state index contributed by atoms with van der Waals surface area (Å²) in [6.07, 6.45) is 15.7. The van der Waals surface area contributed by atoms with Crippen LogP contribution in [0, 0.1) is 11.8 Å². The number of benzene rings is 4. The molecule has 9 rings (SSSR count). The zero-order valence-electron chi connectivity index (χ0n) is 25.2. The number of allylic oxidation sites excluding steroid dienone is 5. The fraction of sp³-hybridized carbons (Fsp3) is 0.171. The van der Waals surface area contributed by atoms with Gasteiger partial charge >= 0.3 is 0 Å². The Kier molecular flexibility index (Phi) is 6.09. The summed E-state index contributed by atoms with van der Waals surface area (Å²) in [4.78, 5) is 4.73. The van der Waals surface area contributed by atoms with E-state index < -0.39 is 0 Å². The molecule has 4 aliphatic heterocycles. The molecule has 1 aliphatic carbocycles. The van der Waals surface area contributed by atoms with Gasteiger partial charge in [-0.15, -0.1) is 0 Å². The molecule has 5 unspecified atom stereocenters. The normalized spacial score (nSPS) is 27.5. The summed E-state index contributed by atoms with van der Waals surface area (Å²) < 4.78 is 13.4. The number of fused-ring (bicyclic) bond motifs is 7. The molecule has 220 valence electrons. The van der Waals surface area contributed by atoms with Gasteiger partial charge < -0.3 is 19.3 Å². The molecule has 4 aromatic carbocycles. The van der Waals surface area contributed by atoms with Crippen molar-refractivity contribution in [2.75, 3.05) is 16.3 Å². The molecule has 4 heteroatoms. The zero-order chi connectivity index (χ0) is 29.9. The molecular weight excluding hydrogens is 552 g/mol. The Balaban J connectivity index is 1.15. The van der Waals surface area contributed by atoms with Crippen molar-refractivity contribution in [3.63, 3.8) is 0 Å². The Labute approximate surface area is 264 Å². The molecule has 0 N–H and O–H groups in total. The maximum atomic E-state index is 6.72. The predicted octanol–water partition coefficient (Wildman–Crippen LogP) is 9.14. The molecule has 0 bridgehead atoms. The lowest BCUT2D eigenvalue weighted by atomic mass is 9.84. The van der Waals surface area contributed by atoms with Crippen molar-refractivity contribution < 1.29 is 9.47 Å². The number of rotatable bonds is 3. The third kappa shape index (κ3) is 4.20. The van der Waals surface area contributed by atoms with Gasteiger partial charge in [-0.2, -0.15) is 0 Å². The second-order valence-electron chi connectivity index (χ2n) is 12.4. The standard InChI is InChI=1S/C41H34N2O2/c1-27-20-21-28(24-25-42(30-12-4-2-5-13-30)40-38(27)33-16-8-10-18-36(33)44-40)29-22-23-32-35(26-29)43(31-14-6-3-7-15-31)41-39(32)34-17-9-11-19-37(34)45-41/h2-24,26-27,33,36,39,41H,25H2,1H3/b21-20-,28-24+. The summed E-state index contributed by atoms with van der Waals surface area (Å²) in [5, 5.41) is 0. The van der Waals surface area contributed by atoms with Crippen LogP contribution in [0.5, 0.6) is 5.75 Å². The second-order valence-corrected chi connectivity index (χ2v) is 12.4. The number of ether oxygens (including phenoxy) is 2. The summed E-state index contributed by atoms with van der Waals surface area (Å²) in [6.45, 7) is 3.00. The number of hydrogen-bond acceptors (Lipinski definition) is 4. The first-order chi connectivity index (χ1) is 22.2. The average Bonchev–Trinajstić information content (AvgIpc) is 3.76. The first-order valence-corrected chi connectivity index (χ1v) is 16.0. The molecule has 45 heavy (non-hydrogen) atoms. The van der Waals surface area contributed by atoms with Gasteiger partial charge in [0.1, 0.15) is 11.9 Å². The van der Waals surface area contributed by atoms with Crippen molar-refractivity contribution in [2.45, 2.75) is 25.2 Å². The van der Waals surface area contributed by atoms with Crippen LogP contribution in [0.25, 0.3) is 5.57 Å². The van der Waals surface area contributed by atoms with E-state index in [4.69, 9.17) is 9.47 Å². The van der Waals surface area contributed by atoms with Crippen LogP contribution in [0.1, 0.15) is 29.5 Å². The van der Waals surface area contributed by atoms with Crippen molar-refractivity contribution in [1.82, 2.24) is 0 Å². The van der Waals surface area contributed by atoms with Crippen molar-refractivity contribution in [2.24, 2.45) is 11.8 Å². The summed E-state index contributed by atoms with van der Waals surface area (Å²) >= 11 is 0. The number of para-hydroxylation sites is 3. The lowest BCUT2D eigenvalue weighted by molar-refractivity contribution is 0.159. The Morgan fingerprint density at radius 1 is 0.711 bits per heavy atom. The van der Waals surface area contributed by atoms with E-state index in [1.165, 1.54) is 33.5 Å². The predicted molar refractivity (Wildman–Crippen MR) is 181 cm³/mol. The fourth-order valence-electron chi connectivity index (χ4n) is 7.70. The molecule has 4 aromatic rings. The first-order valence-electron chi connectivity index (χ1n) is 16.0. The van der Waals surface area contributed by atoms with E-state index in [1.807, 2.05) is 0 Å². The van der Waals surface area contributed by atoms with E-state index in [-0.39, 0.29) is 30.1 Å². The van der Waals surface area contributed by atoms with Gasteiger partial charge in [0.2, 0.25) is 0 Å². The highest BCUT2D eigenvalue weighted by atomic mass is 16.5. The Hall–Kier alpha value is -5.22. The number of anilines is 3. The SMILES string of the molecule is CC1/C=C\C(c2ccc3c(c2)N(c2ccccc2)C2Oc4ccccc4C32)=C/CN(c2ccccc2)C2=C1C1C=CC=CC1O2. The topological polar surface area (TPSA) is 24.9 Å². The lowest BCUT2D eigenvalue weighted by Gasteiger charge is -2.27. The fourth-order valence-corrected chi connectivity index (χ4v) is 7.70. The molecule has 5 atom stereocenters. The molecule has 0 saturated heterocycles. The molecule has 0 amide bonds. The smallest absolute Gasteiger partial charge is 0.195 e. The molecule has 4 heterocycles. The van der Waals surface area contributed by atoms with Crippen molar-refractivity contribution in [3.8, 4) is 5.75 Å². The van der Waals surface area contributed by atoms with Crippen LogP contribution in [-0.4, -0.2) is 18.9 Å². The quantitative estimate of drug-likeness (QED) is 0.239. The van der Waals surface area contributed by atoms with Crippen LogP contribution in [0.4, 0.5) is 17.1 Å². The minimum Gasteiger partial charge on any atom is -0.470 e. The highest BCUT2D eigenvalue weighted by Gasteiger charge is 2.47. The highest BCUT2D eigenvalue weighted by molar-refractivity contribution is 5.83. The summed E-state index contributed by atoms with van der Waals surface area (Å²) in [5.74, 6) is 2.57. The zero-order valence-corrected chi connectivity index (χ0v) is 25.2. The van der Waals surface area contributed by atoms with Gasteiger partial charge in [-0.1, -0.05) is 110 Å². The van der Waals surface area contributed by atoms with Crippen molar-refractivity contribution >= 4 is 22.6 Å². The van der Waals surface area contributed by atoms with E-state index in [0.29, 0.717) is 6.54 Å². The highest BCUT2D eigenvalue weighted by Crippen LogP contribution is 2.55. The molecule has 4 nitrogen and oxygen atoms in total. The summed E-state index contributed by atoms with van der Waals surface area (Å²) in [7, 11) is 0. The van der Waals surface area contributed by atoms with E-state index in [1.54, 1.807) is 0 Å². The van der Waals surface area contributed by atoms with E-state index in [0.717, 1.165) is 23.0 Å². The van der Waals surface area contributed by atoms with Crippen LogP contribution >= 0.6 is 0 Å². The van der Waals surface area contributed by atoms with Crippen LogP contribution < -0.4 is 14.5 Å². The molecule has 0 spiro atoms. The van der Waals surface area contributed by atoms with E-state index in [9.17, 15) is 0 Å². The Morgan fingerprint density at radius 2 is 1.47 bits per heavy atom. The lowest BCUT2D eigenvalue weighted by Crippen LogP contribution is -2.32. The van der Waals surface area contributed by atoms with Crippen LogP contribution in [-0.2, 0) is 4.74 Å². The van der Waals surface area contributed by atoms with Crippen molar-refractivity contribution in [1.29, 1.82) is 0 Å². The van der Waals surface area contributed by atoms with Crippen LogP contribution in [0.2, 0.25) is 0 Å². The molecular formula is C41H34N2O2. The monoisotopic (exact) mass is 586 g/mol. The van der Waals surface area contributed by atoms with Gasteiger partial charge in [-0.25, -0.2) is 0 Å². The maximum absolute atomic E-state index is 6.72.